The molecule has 2 aromatic carbocycles. The van der Waals surface area contributed by atoms with Crippen LogP contribution in [0.4, 0.5) is 5.69 Å². The average molecular weight is 508 g/mol. The Morgan fingerprint density at radius 1 is 1.08 bits per heavy atom. The Balaban J connectivity index is 1.92. The number of aromatic nitrogens is 1. The van der Waals surface area contributed by atoms with Crippen LogP contribution in [0.2, 0.25) is 5.02 Å². The zero-order valence-corrected chi connectivity index (χ0v) is 21.7. The van der Waals surface area contributed by atoms with E-state index in [9.17, 15) is 9.59 Å². The first-order chi connectivity index (χ1) is 17.3. The number of rotatable bonds is 10. The summed E-state index contributed by atoms with van der Waals surface area (Å²) in [6.07, 6.45) is 4.48. The van der Waals surface area contributed by atoms with Crippen molar-refractivity contribution in [3.05, 3.63) is 82.6 Å². The summed E-state index contributed by atoms with van der Waals surface area (Å²) in [7, 11) is 0. The summed E-state index contributed by atoms with van der Waals surface area (Å²) >= 11 is 6.32. The molecule has 0 aliphatic heterocycles. The monoisotopic (exact) mass is 507 g/mol. The van der Waals surface area contributed by atoms with E-state index in [0.29, 0.717) is 16.3 Å². The SMILES string of the molecule is CCN(CC)Cc1ccc(N=Cc2cc(Cl)cc(OC(=O)c3cccnc3)c2OC(=O)C(C)C)cc1. The lowest BCUT2D eigenvalue weighted by Crippen LogP contribution is -2.21. The maximum absolute atomic E-state index is 12.7. The summed E-state index contributed by atoms with van der Waals surface area (Å²) in [5.41, 5.74) is 2.56. The van der Waals surface area contributed by atoms with Crippen molar-refractivity contribution < 1.29 is 19.1 Å². The third-order valence-electron chi connectivity index (χ3n) is 5.41. The molecule has 0 N–H and O–H groups in total. The van der Waals surface area contributed by atoms with Crippen molar-refractivity contribution in [3.8, 4) is 11.5 Å². The molecule has 0 unspecified atom stereocenters. The van der Waals surface area contributed by atoms with Crippen LogP contribution in [0, 0.1) is 5.92 Å². The van der Waals surface area contributed by atoms with Gasteiger partial charge in [0.1, 0.15) is 0 Å². The summed E-state index contributed by atoms with van der Waals surface area (Å²) in [4.78, 5) is 35.9. The molecule has 1 heterocycles. The first-order valence-corrected chi connectivity index (χ1v) is 12.2. The predicted molar refractivity (Wildman–Crippen MR) is 141 cm³/mol. The lowest BCUT2D eigenvalue weighted by atomic mass is 10.1. The number of benzene rings is 2. The summed E-state index contributed by atoms with van der Waals surface area (Å²) in [6.45, 7) is 10.5. The molecule has 0 radical (unpaired) electrons. The molecule has 188 valence electrons. The van der Waals surface area contributed by atoms with E-state index in [-0.39, 0.29) is 17.1 Å². The molecule has 0 amide bonds. The van der Waals surface area contributed by atoms with Crippen LogP contribution in [0.5, 0.6) is 11.5 Å². The van der Waals surface area contributed by atoms with Gasteiger partial charge in [-0.2, -0.15) is 0 Å². The van der Waals surface area contributed by atoms with Gasteiger partial charge in [0.15, 0.2) is 11.5 Å². The molecule has 0 saturated carbocycles. The van der Waals surface area contributed by atoms with Crippen LogP contribution in [0.25, 0.3) is 0 Å². The fraction of sp³-hybridized carbons (Fsp3) is 0.286. The summed E-state index contributed by atoms with van der Waals surface area (Å²) < 4.78 is 11.2. The molecule has 8 heteroatoms. The number of nitrogens with zero attached hydrogens (tertiary/aromatic N) is 3. The van der Waals surface area contributed by atoms with Crippen molar-refractivity contribution >= 4 is 35.4 Å². The van der Waals surface area contributed by atoms with E-state index in [1.54, 1.807) is 38.2 Å². The molecule has 3 aromatic rings. The molecule has 36 heavy (non-hydrogen) atoms. The highest BCUT2D eigenvalue weighted by Gasteiger charge is 2.21. The van der Waals surface area contributed by atoms with E-state index in [4.69, 9.17) is 21.1 Å². The molecule has 0 aliphatic rings. The van der Waals surface area contributed by atoms with E-state index in [2.05, 4.69) is 28.7 Å². The molecule has 0 bridgehead atoms. The van der Waals surface area contributed by atoms with E-state index in [1.165, 1.54) is 24.0 Å². The molecule has 0 aliphatic carbocycles. The first kappa shape index (κ1) is 27.0. The third-order valence-corrected chi connectivity index (χ3v) is 5.63. The molecular formula is C28H30ClN3O4. The van der Waals surface area contributed by atoms with Gasteiger partial charge < -0.3 is 9.47 Å². The molecule has 3 rings (SSSR count). The third kappa shape index (κ3) is 7.47. The van der Waals surface area contributed by atoms with Gasteiger partial charge in [0.2, 0.25) is 0 Å². The quantitative estimate of drug-likeness (QED) is 0.187. The highest BCUT2D eigenvalue weighted by molar-refractivity contribution is 6.31. The fourth-order valence-corrected chi connectivity index (χ4v) is 3.48. The smallest absolute Gasteiger partial charge is 0.345 e. The zero-order chi connectivity index (χ0) is 26.1. The van der Waals surface area contributed by atoms with E-state index >= 15 is 0 Å². The number of aliphatic imine (C=N–C) groups is 1. The van der Waals surface area contributed by atoms with E-state index in [1.807, 2.05) is 24.3 Å². The molecule has 1 aromatic heterocycles. The molecule has 0 spiro atoms. The Hall–Kier alpha value is -3.55. The Morgan fingerprint density at radius 3 is 2.42 bits per heavy atom. The highest BCUT2D eigenvalue weighted by Crippen LogP contribution is 2.35. The maximum Gasteiger partial charge on any atom is 0.345 e. The predicted octanol–water partition coefficient (Wildman–Crippen LogP) is 6.11. The summed E-state index contributed by atoms with van der Waals surface area (Å²) in [5, 5.41) is 0.296. The minimum atomic E-state index is -0.654. The molecule has 7 nitrogen and oxygen atoms in total. The molecule has 0 saturated heterocycles. The van der Waals surface area contributed by atoms with Gasteiger partial charge in [-0.1, -0.05) is 51.4 Å². The second-order valence-electron chi connectivity index (χ2n) is 8.42. The topological polar surface area (TPSA) is 81.1 Å². The average Bonchev–Trinajstić information content (AvgIpc) is 2.88. The van der Waals surface area contributed by atoms with Crippen LogP contribution in [-0.2, 0) is 11.3 Å². The standard InChI is InChI=1S/C28H30ClN3O4/c1-5-32(6-2)18-20-9-11-24(12-10-20)31-17-22-14-23(29)15-25(26(22)36-27(33)19(3)4)35-28(34)21-8-7-13-30-16-21/h7-17,19H,5-6,18H2,1-4H3. The van der Waals surface area contributed by atoms with Gasteiger partial charge in [-0.25, -0.2) is 4.79 Å². The van der Waals surface area contributed by atoms with Crippen LogP contribution in [0.15, 0.2) is 65.9 Å². The van der Waals surface area contributed by atoms with Gasteiger partial charge in [-0.05, 0) is 49.0 Å². The maximum atomic E-state index is 12.7. The van der Waals surface area contributed by atoms with Gasteiger partial charge in [0, 0.05) is 41.8 Å². The minimum Gasteiger partial charge on any atom is -0.422 e. The van der Waals surface area contributed by atoms with Crippen LogP contribution in [0.1, 0.15) is 49.2 Å². The number of halogens is 1. The van der Waals surface area contributed by atoms with Gasteiger partial charge >= 0.3 is 11.9 Å². The zero-order valence-electron chi connectivity index (χ0n) is 20.9. The Morgan fingerprint density at radius 2 is 1.81 bits per heavy atom. The van der Waals surface area contributed by atoms with Crippen molar-refractivity contribution in [1.29, 1.82) is 0 Å². The lowest BCUT2D eigenvalue weighted by molar-refractivity contribution is -0.137. The Kier molecular flexibility index (Phi) is 9.73. The van der Waals surface area contributed by atoms with Crippen LogP contribution >= 0.6 is 11.6 Å². The van der Waals surface area contributed by atoms with Gasteiger partial charge in [0.05, 0.1) is 17.2 Å². The van der Waals surface area contributed by atoms with E-state index in [0.717, 1.165) is 19.6 Å². The second-order valence-corrected chi connectivity index (χ2v) is 8.85. The van der Waals surface area contributed by atoms with Gasteiger partial charge in [-0.3, -0.25) is 19.7 Å². The summed E-state index contributed by atoms with van der Waals surface area (Å²) in [6, 6.07) is 14.1. The number of ether oxygens (including phenoxy) is 2. The Bertz CT molecular complexity index is 1210. The van der Waals surface area contributed by atoms with Crippen molar-refractivity contribution in [3.63, 3.8) is 0 Å². The number of carbonyl (C=O) groups excluding carboxylic acids is 2. The fourth-order valence-electron chi connectivity index (χ4n) is 3.27. The molecule has 0 fully saturated rings. The number of pyridine rings is 1. The Labute approximate surface area is 216 Å². The normalized spacial score (nSPS) is 11.3. The van der Waals surface area contributed by atoms with Crippen molar-refractivity contribution in [1.82, 2.24) is 9.88 Å². The number of carbonyl (C=O) groups is 2. The number of hydrogen-bond donors (Lipinski definition) is 0. The van der Waals surface area contributed by atoms with Crippen LogP contribution in [-0.4, -0.2) is 41.1 Å². The lowest BCUT2D eigenvalue weighted by Gasteiger charge is -2.17. The second kappa shape index (κ2) is 13.0. The first-order valence-electron chi connectivity index (χ1n) is 11.8. The van der Waals surface area contributed by atoms with Crippen molar-refractivity contribution in [2.24, 2.45) is 10.9 Å². The number of esters is 2. The van der Waals surface area contributed by atoms with Crippen molar-refractivity contribution in [2.75, 3.05) is 13.1 Å². The van der Waals surface area contributed by atoms with Gasteiger partial charge in [0.25, 0.3) is 0 Å². The summed E-state index contributed by atoms with van der Waals surface area (Å²) in [5.74, 6) is -1.45. The van der Waals surface area contributed by atoms with Crippen molar-refractivity contribution in [2.45, 2.75) is 34.2 Å². The highest BCUT2D eigenvalue weighted by atomic mass is 35.5. The van der Waals surface area contributed by atoms with Crippen LogP contribution < -0.4 is 9.47 Å². The molecular weight excluding hydrogens is 478 g/mol. The van der Waals surface area contributed by atoms with Gasteiger partial charge in [-0.15, -0.1) is 0 Å². The largest absolute Gasteiger partial charge is 0.422 e. The minimum absolute atomic E-state index is 0.0152. The molecule has 0 atom stereocenters. The number of hydrogen-bond acceptors (Lipinski definition) is 7. The van der Waals surface area contributed by atoms with Crippen LogP contribution in [0.3, 0.4) is 0 Å². The van der Waals surface area contributed by atoms with E-state index < -0.39 is 17.9 Å².